The molecule has 3 aromatic rings. The van der Waals surface area contributed by atoms with Crippen LogP contribution in [0.15, 0.2) is 82.4 Å². The molecule has 0 bridgehead atoms. The van der Waals surface area contributed by atoms with Gasteiger partial charge in [0, 0.05) is 21.3 Å². The van der Waals surface area contributed by atoms with Gasteiger partial charge < -0.3 is 5.32 Å². The molecule has 0 saturated carbocycles. The van der Waals surface area contributed by atoms with E-state index in [1.165, 1.54) is 24.3 Å². The van der Waals surface area contributed by atoms with E-state index in [4.69, 9.17) is 0 Å². The Morgan fingerprint density at radius 3 is 2.21 bits per heavy atom. The lowest BCUT2D eigenvalue weighted by Crippen LogP contribution is -2.20. The molecule has 5 nitrogen and oxygen atoms in total. The van der Waals surface area contributed by atoms with Gasteiger partial charge in [0.1, 0.15) is 5.82 Å². The molecule has 7 heteroatoms. The van der Waals surface area contributed by atoms with Crippen molar-refractivity contribution in [1.29, 1.82) is 0 Å². The molecule has 2 N–H and O–H groups in total. The van der Waals surface area contributed by atoms with E-state index in [-0.39, 0.29) is 0 Å². The summed E-state index contributed by atoms with van der Waals surface area (Å²) in [6.45, 7) is 1.79. The fourth-order valence-electron chi connectivity index (χ4n) is 2.50. The molecule has 3 rings (SSSR count). The SMILES string of the molecule is CC(=NNC(=O)c1cccc(NC(=O)c2ccc(F)cc2)c1)c1ccc(Br)cc1. The Kier molecular flexibility index (Phi) is 6.51. The van der Waals surface area contributed by atoms with Crippen LogP contribution < -0.4 is 10.7 Å². The predicted octanol–water partition coefficient (Wildman–Crippen LogP) is 4.99. The molecule has 0 unspecified atom stereocenters. The van der Waals surface area contributed by atoms with Crippen molar-refractivity contribution in [2.75, 3.05) is 5.32 Å². The van der Waals surface area contributed by atoms with E-state index in [1.54, 1.807) is 31.2 Å². The molecular formula is C22H17BrFN3O2. The minimum absolute atomic E-state index is 0.316. The molecule has 0 aromatic heterocycles. The largest absolute Gasteiger partial charge is 0.322 e. The van der Waals surface area contributed by atoms with E-state index in [1.807, 2.05) is 24.3 Å². The van der Waals surface area contributed by atoms with Gasteiger partial charge in [-0.15, -0.1) is 0 Å². The van der Waals surface area contributed by atoms with Crippen molar-refractivity contribution >= 4 is 39.1 Å². The molecule has 0 fully saturated rings. The number of hydrogen-bond donors (Lipinski definition) is 2. The van der Waals surface area contributed by atoms with Crippen molar-refractivity contribution < 1.29 is 14.0 Å². The van der Waals surface area contributed by atoms with E-state index >= 15 is 0 Å². The van der Waals surface area contributed by atoms with Crippen molar-refractivity contribution in [3.63, 3.8) is 0 Å². The van der Waals surface area contributed by atoms with E-state index in [0.29, 0.717) is 22.5 Å². The molecular weight excluding hydrogens is 437 g/mol. The molecule has 0 aliphatic rings. The molecule has 146 valence electrons. The normalized spacial score (nSPS) is 11.1. The van der Waals surface area contributed by atoms with Crippen molar-refractivity contribution in [3.05, 3.63) is 99.8 Å². The van der Waals surface area contributed by atoms with Gasteiger partial charge in [0.25, 0.3) is 11.8 Å². The van der Waals surface area contributed by atoms with E-state index in [9.17, 15) is 14.0 Å². The average molecular weight is 454 g/mol. The summed E-state index contributed by atoms with van der Waals surface area (Å²) in [5, 5.41) is 6.81. The fraction of sp³-hybridized carbons (Fsp3) is 0.0455. The number of anilines is 1. The summed E-state index contributed by atoms with van der Waals surface area (Å²) >= 11 is 3.37. The Balaban J connectivity index is 1.67. The summed E-state index contributed by atoms with van der Waals surface area (Å²) in [6, 6.07) is 19.2. The summed E-state index contributed by atoms with van der Waals surface area (Å²) in [6.07, 6.45) is 0. The number of nitrogens with zero attached hydrogens (tertiary/aromatic N) is 1. The smallest absolute Gasteiger partial charge is 0.271 e. The first-order chi connectivity index (χ1) is 13.9. The van der Waals surface area contributed by atoms with Gasteiger partial charge in [-0.1, -0.05) is 34.1 Å². The van der Waals surface area contributed by atoms with Gasteiger partial charge in [-0.25, -0.2) is 9.82 Å². The fourth-order valence-corrected chi connectivity index (χ4v) is 2.76. The second kappa shape index (κ2) is 9.25. The minimum atomic E-state index is -0.417. The molecule has 3 aromatic carbocycles. The zero-order valence-electron chi connectivity index (χ0n) is 15.4. The maximum atomic E-state index is 13.0. The zero-order valence-corrected chi connectivity index (χ0v) is 17.0. The van der Waals surface area contributed by atoms with Gasteiger partial charge in [0.15, 0.2) is 0 Å². The predicted molar refractivity (Wildman–Crippen MR) is 115 cm³/mol. The third-order valence-corrected chi connectivity index (χ3v) is 4.60. The van der Waals surface area contributed by atoms with Crippen LogP contribution in [0.5, 0.6) is 0 Å². The van der Waals surface area contributed by atoms with Crippen molar-refractivity contribution in [1.82, 2.24) is 5.43 Å². The van der Waals surface area contributed by atoms with Crippen LogP contribution >= 0.6 is 15.9 Å². The van der Waals surface area contributed by atoms with Crippen molar-refractivity contribution in [3.8, 4) is 0 Å². The highest BCUT2D eigenvalue weighted by Crippen LogP contribution is 2.14. The first kappa shape index (κ1) is 20.4. The topological polar surface area (TPSA) is 70.6 Å². The Morgan fingerprint density at radius 2 is 1.52 bits per heavy atom. The maximum absolute atomic E-state index is 13.0. The van der Waals surface area contributed by atoms with Crippen LogP contribution in [-0.2, 0) is 0 Å². The standard InChI is InChI=1S/C22H17BrFN3O2/c1-14(15-5-9-18(23)10-6-15)26-27-22(29)17-3-2-4-20(13-17)25-21(28)16-7-11-19(24)12-8-16/h2-13H,1H3,(H,25,28)(H,27,29). The van der Waals surface area contributed by atoms with Crippen molar-refractivity contribution in [2.24, 2.45) is 5.10 Å². The summed E-state index contributed by atoms with van der Waals surface area (Å²) in [5.41, 5.74) is 5.16. The quantitative estimate of drug-likeness (QED) is 0.421. The minimum Gasteiger partial charge on any atom is -0.322 e. The number of carbonyl (C=O) groups excluding carboxylic acids is 2. The first-order valence-corrected chi connectivity index (χ1v) is 9.49. The van der Waals surface area contributed by atoms with Gasteiger partial charge in [-0.05, 0) is 67.1 Å². The molecule has 0 radical (unpaired) electrons. The second-order valence-electron chi connectivity index (χ2n) is 6.19. The van der Waals surface area contributed by atoms with Gasteiger partial charge in [0.2, 0.25) is 0 Å². The van der Waals surface area contributed by atoms with Crippen LogP contribution in [0.2, 0.25) is 0 Å². The number of hydrazone groups is 1. The number of benzene rings is 3. The monoisotopic (exact) mass is 453 g/mol. The maximum Gasteiger partial charge on any atom is 0.271 e. The number of carbonyl (C=O) groups is 2. The molecule has 29 heavy (non-hydrogen) atoms. The zero-order chi connectivity index (χ0) is 20.8. The summed E-state index contributed by atoms with van der Waals surface area (Å²) < 4.78 is 13.9. The summed E-state index contributed by atoms with van der Waals surface area (Å²) in [7, 11) is 0. The highest BCUT2D eigenvalue weighted by Gasteiger charge is 2.09. The molecule has 0 saturated heterocycles. The average Bonchev–Trinajstić information content (AvgIpc) is 2.73. The Bertz CT molecular complexity index is 1060. The lowest BCUT2D eigenvalue weighted by molar-refractivity contribution is 0.0953. The molecule has 0 heterocycles. The van der Waals surface area contributed by atoms with Gasteiger partial charge in [0.05, 0.1) is 5.71 Å². The molecule has 2 amide bonds. The Morgan fingerprint density at radius 1 is 0.862 bits per heavy atom. The van der Waals surface area contributed by atoms with Gasteiger partial charge in [-0.2, -0.15) is 5.10 Å². The molecule has 0 atom stereocenters. The number of halogens is 2. The van der Waals surface area contributed by atoms with Crippen LogP contribution in [0.25, 0.3) is 0 Å². The van der Waals surface area contributed by atoms with E-state index in [0.717, 1.165) is 10.0 Å². The molecule has 0 aliphatic heterocycles. The summed E-state index contributed by atoms with van der Waals surface area (Å²) in [5.74, 6) is -1.22. The van der Waals surface area contributed by atoms with Crippen LogP contribution in [0, 0.1) is 5.82 Å². The lowest BCUT2D eigenvalue weighted by atomic mass is 10.1. The highest BCUT2D eigenvalue weighted by molar-refractivity contribution is 9.10. The van der Waals surface area contributed by atoms with Gasteiger partial charge in [-0.3, -0.25) is 9.59 Å². The molecule has 0 aliphatic carbocycles. The Labute approximate surface area is 175 Å². The van der Waals surface area contributed by atoms with Crippen LogP contribution in [-0.4, -0.2) is 17.5 Å². The first-order valence-electron chi connectivity index (χ1n) is 8.70. The van der Waals surface area contributed by atoms with E-state index in [2.05, 4.69) is 31.8 Å². The van der Waals surface area contributed by atoms with Crippen LogP contribution in [0.1, 0.15) is 33.2 Å². The number of nitrogens with one attached hydrogen (secondary N) is 2. The Hall–Kier alpha value is -3.32. The third kappa shape index (κ3) is 5.58. The van der Waals surface area contributed by atoms with Crippen molar-refractivity contribution in [2.45, 2.75) is 6.92 Å². The number of rotatable bonds is 5. The molecule has 0 spiro atoms. The summed E-state index contributed by atoms with van der Waals surface area (Å²) in [4.78, 5) is 24.6. The number of hydrogen-bond acceptors (Lipinski definition) is 3. The number of amides is 2. The lowest BCUT2D eigenvalue weighted by Gasteiger charge is -2.08. The van der Waals surface area contributed by atoms with Crippen LogP contribution in [0.3, 0.4) is 0 Å². The van der Waals surface area contributed by atoms with E-state index < -0.39 is 17.6 Å². The van der Waals surface area contributed by atoms with Gasteiger partial charge >= 0.3 is 0 Å². The highest BCUT2D eigenvalue weighted by atomic mass is 79.9. The second-order valence-corrected chi connectivity index (χ2v) is 7.10. The van der Waals surface area contributed by atoms with Crippen LogP contribution in [0.4, 0.5) is 10.1 Å². The third-order valence-electron chi connectivity index (χ3n) is 4.08.